The number of carboxylic acids is 1. The Balaban J connectivity index is 2.93. The molecular formula is C10H14N4O4. The smallest absolute Gasteiger partial charge is 0.354 e. The molecule has 0 fully saturated rings. The number of carbonyl (C=O) groups is 1. The highest BCUT2D eigenvalue weighted by Crippen LogP contribution is 2.21. The highest BCUT2D eigenvalue weighted by Gasteiger charge is 2.17. The van der Waals surface area contributed by atoms with Crippen LogP contribution in [0.3, 0.4) is 0 Å². The van der Waals surface area contributed by atoms with Crippen LogP contribution in [-0.2, 0) is 0 Å². The summed E-state index contributed by atoms with van der Waals surface area (Å²) in [6.07, 6.45) is 0. The van der Waals surface area contributed by atoms with Crippen LogP contribution >= 0.6 is 0 Å². The quantitative estimate of drug-likeness (QED) is 0.567. The molecule has 0 spiro atoms. The fourth-order valence-corrected chi connectivity index (χ4v) is 1.25. The zero-order valence-electron chi connectivity index (χ0n) is 10.1. The number of carboxylic acid groups (broad SMARTS) is 1. The van der Waals surface area contributed by atoms with Gasteiger partial charge in [0.25, 0.3) is 0 Å². The van der Waals surface area contributed by atoms with E-state index in [1.165, 1.54) is 0 Å². The van der Waals surface area contributed by atoms with E-state index >= 15 is 0 Å². The lowest BCUT2D eigenvalue weighted by Gasteiger charge is -2.11. The van der Waals surface area contributed by atoms with Gasteiger partial charge in [0.05, 0.1) is 4.92 Å². The third-order valence-electron chi connectivity index (χ3n) is 2.14. The number of nitrogens with one attached hydrogen (secondary N) is 1. The maximum Gasteiger partial charge on any atom is 0.354 e. The molecule has 18 heavy (non-hydrogen) atoms. The molecule has 0 unspecified atom stereocenters. The lowest BCUT2D eigenvalue weighted by molar-refractivity contribution is -0.384. The van der Waals surface area contributed by atoms with E-state index in [2.05, 4.69) is 10.3 Å². The first-order valence-electron chi connectivity index (χ1n) is 5.19. The topological polar surface area (TPSA) is 109 Å². The molecule has 0 saturated carbocycles. The van der Waals surface area contributed by atoms with Crippen LogP contribution < -0.4 is 5.32 Å². The number of aromatic nitrogens is 1. The largest absolute Gasteiger partial charge is 0.477 e. The first-order valence-corrected chi connectivity index (χ1v) is 5.19. The molecule has 0 aromatic carbocycles. The molecule has 1 rings (SSSR count). The number of hydrogen-bond donors (Lipinski definition) is 2. The summed E-state index contributed by atoms with van der Waals surface area (Å²) >= 11 is 0. The number of pyridine rings is 1. The van der Waals surface area contributed by atoms with E-state index in [-0.39, 0.29) is 17.2 Å². The highest BCUT2D eigenvalue weighted by molar-refractivity contribution is 5.86. The zero-order valence-corrected chi connectivity index (χ0v) is 10.1. The molecule has 0 aliphatic carbocycles. The second-order valence-corrected chi connectivity index (χ2v) is 3.86. The fraction of sp³-hybridized carbons (Fsp3) is 0.400. The summed E-state index contributed by atoms with van der Waals surface area (Å²) in [5, 5.41) is 22.3. The maximum absolute atomic E-state index is 10.8. The SMILES string of the molecule is CN(C)CCNc1nc(C(=O)O)ccc1[N+](=O)[O-]. The van der Waals surface area contributed by atoms with Crippen LogP contribution in [0.1, 0.15) is 10.5 Å². The van der Waals surface area contributed by atoms with E-state index < -0.39 is 10.9 Å². The average Bonchev–Trinajstić information content (AvgIpc) is 2.27. The van der Waals surface area contributed by atoms with Gasteiger partial charge in [0.1, 0.15) is 0 Å². The van der Waals surface area contributed by atoms with Crippen molar-refractivity contribution >= 4 is 17.5 Å². The molecule has 98 valence electrons. The van der Waals surface area contributed by atoms with E-state index in [1.807, 2.05) is 19.0 Å². The lowest BCUT2D eigenvalue weighted by Crippen LogP contribution is -2.21. The molecule has 0 aliphatic heterocycles. The minimum atomic E-state index is -1.22. The Morgan fingerprint density at radius 2 is 2.22 bits per heavy atom. The molecule has 8 heteroatoms. The molecule has 1 aromatic rings. The van der Waals surface area contributed by atoms with Crippen molar-refractivity contribution in [1.29, 1.82) is 0 Å². The molecule has 0 aliphatic rings. The summed E-state index contributed by atoms with van der Waals surface area (Å²) in [6.45, 7) is 1.08. The molecule has 0 amide bonds. The van der Waals surface area contributed by atoms with Crippen molar-refractivity contribution in [3.8, 4) is 0 Å². The Morgan fingerprint density at radius 3 is 2.72 bits per heavy atom. The summed E-state index contributed by atoms with van der Waals surface area (Å²) in [5.74, 6) is -1.25. The number of hydrogen-bond acceptors (Lipinski definition) is 6. The van der Waals surface area contributed by atoms with Crippen molar-refractivity contribution in [3.63, 3.8) is 0 Å². The molecule has 0 saturated heterocycles. The summed E-state index contributed by atoms with van der Waals surface area (Å²) in [4.78, 5) is 26.5. The number of aromatic carboxylic acids is 1. The third kappa shape index (κ3) is 3.67. The highest BCUT2D eigenvalue weighted by atomic mass is 16.6. The van der Waals surface area contributed by atoms with Gasteiger partial charge in [-0.3, -0.25) is 10.1 Å². The van der Waals surface area contributed by atoms with Gasteiger partial charge in [-0.1, -0.05) is 0 Å². The van der Waals surface area contributed by atoms with Crippen molar-refractivity contribution in [2.45, 2.75) is 0 Å². The Labute approximate surface area is 103 Å². The van der Waals surface area contributed by atoms with Crippen molar-refractivity contribution in [2.75, 3.05) is 32.5 Å². The van der Waals surface area contributed by atoms with Gasteiger partial charge in [-0.05, 0) is 20.2 Å². The molecule has 1 aromatic heterocycles. The summed E-state index contributed by atoms with van der Waals surface area (Å²) in [6, 6.07) is 2.24. The number of nitro groups is 1. The second kappa shape index (κ2) is 5.92. The Hall–Kier alpha value is -2.22. The fourth-order valence-electron chi connectivity index (χ4n) is 1.25. The number of rotatable bonds is 6. The maximum atomic E-state index is 10.8. The summed E-state index contributed by atoms with van der Waals surface area (Å²) < 4.78 is 0. The Kier molecular flexibility index (Phi) is 4.55. The van der Waals surface area contributed by atoms with Gasteiger partial charge in [0.15, 0.2) is 5.69 Å². The van der Waals surface area contributed by atoms with Crippen molar-refractivity contribution in [1.82, 2.24) is 9.88 Å². The standard InChI is InChI=1S/C10H14N4O4/c1-13(2)6-5-11-9-8(14(17)18)4-3-7(12-9)10(15)16/h3-4H,5-6H2,1-2H3,(H,11,12)(H,15,16). The molecule has 0 atom stereocenters. The monoisotopic (exact) mass is 254 g/mol. The van der Waals surface area contributed by atoms with Crippen molar-refractivity contribution < 1.29 is 14.8 Å². The summed E-state index contributed by atoms with van der Waals surface area (Å²) in [7, 11) is 3.72. The molecule has 8 nitrogen and oxygen atoms in total. The zero-order chi connectivity index (χ0) is 13.7. The van der Waals surface area contributed by atoms with Gasteiger partial charge < -0.3 is 15.3 Å². The number of nitrogens with zero attached hydrogens (tertiary/aromatic N) is 3. The van der Waals surface area contributed by atoms with Crippen LogP contribution in [0, 0.1) is 10.1 Å². The molecule has 1 heterocycles. The van der Waals surface area contributed by atoms with E-state index in [9.17, 15) is 14.9 Å². The van der Waals surface area contributed by atoms with Gasteiger partial charge in [-0.2, -0.15) is 0 Å². The van der Waals surface area contributed by atoms with Crippen LogP contribution in [0.4, 0.5) is 11.5 Å². The Morgan fingerprint density at radius 1 is 1.56 bits per heavy atom. The number of likely N-dealkylation sites (N-methyl/N-ethyl adjacent to an activating group) is 1. The number of anilines is 1. The van der Waals surface area contributed by atoms with E-state index in [4.69, 9.17) is 5.11 Å². The van der Waals surface area contributed by atoms with E-state index in [0.717, 1.165) is 12.1 Å². The van der Waals surface area contributed by atoms with Gasteiger partial charge in [0, 0.05) is 19.2 Å². The average molecular weight is 254 g/mol. The van der Waals surface area contributed by atoms with Gasteiger partial charge in [0.2, 0.25) is 5.82 Å². The molecule has 0 radical (unpaired) electrons. The minimum absolute atomic E-state index is 0.0262. The molecular weight excluding hydrogens is 240 g/mol. The Bertz CT molecular complexity index is 461. The van der Waals surface area contributed by atoms with Crippen LogP contribution in [0.5, 0.6) is 0 Å². The molecule has 0 bridgehead atoms. The first kappa shape index (κ1) is 13.8. The third-order valence-corrected chi connectivity index (χ3v) is 2.14. The van der Waals surface area contributed by atoms with E-state index in [0.29, 0.717) is 13.1 Å². The van der Waals surface area contributed by atoms with Gasteiger partial charge in [-0.15, -0.1) is 0 Å². The van der Waals surface area contributed by atoms with Crippen LogP contribution in [0.2, 0.25) is 0 Å². The summed E-state index contributed by atoms with van der Waals surface area (Å²) in [5.41, 5.74) is -0.466. The van der Waals surface area contributed by atoms with E-state index in [1.54, 1.807) is 0 Å². The van der Waals surface area contributed by atoms with Crippen LogP contribution in [-0.4, -0.2) is 53.1 Å². The van der Waals surface area contributed by atoms with Crippen LogP contribution in [0.25, 0.3) is 0 Å². The van der Waals surface area contributed by atoms with Gasteiger partial charge in [-0.25, -0.2) is 9.78 Å². The van der Waals surface area contributed by atoms with Crippen LogP contribution in [0.15, 0.2) is 12.1 Å². The predicted molar refractivity (Wildman–Crippen MR) is 64.9 cm³/mol. The lowest BCUT2D eigenvalue weighted by atomic mass is 10.3. The predicted octanol–water partition coefficient (Wildman–Crippen LogP) is 0.662. The minimum Gasteiger partial charge on any atom is -0.477 e. The van der Waals surface area contributed by atoms with Gasteiger partial charge >= 0.3 is 11.7 Å². The first-order chi connectivity index (χ1) is 8.41. The van der Waals surface area contributed by atoms with Crippen molar-refractivity contribution in [2.24, 2.45) is 0 Å². The molecule has 2 N–H and O–H groups in total. The van der Waals surface area contributed by atoms with Crippen molar-refractivity contribution in [3.05, 3.63) is 27.9 Å². The normalized spacial score (nSPS) is 10.4. The second-order valence-electron chi connectivity index (χ2n) is 3.86.